The summed E-state index contributed by atoms with van der Waals surface area (Å²) in [6.45, 7) is 5.18. The minimum absolute atomic E-state index is 0.0162. The quantitative estimate of drug-likeness (QED) is 0.154. The Morgan fingerprint density at radius 3 is 1.74 bits per heavy atom. The van der Waals surface area contributed by atoms with Gasteiger partial charge in [0.15, 0.2) is 0 Å². The molecule has 264 valence electrons. The molecule has 0 fully saturated rings. The minimum atomic E-state index is -1.52. The molecular weight excluding hydrogens is 596 g/mol. The molecule has 1 heterocycles. The van der Waals surface area contributed by atoms with Crippen LogP contribution in [-0.2, 0) is 9.53 Å². The summed E-state index contributed by atoms with van der Waals surface area (Å²) in [5.74, 6) is -2.33. The van der Waals surface area contributed by atoms with Crippen molar-refractivity contribution in [1.29, 1.82) is 0 Å². The summed E-state index contributed by atoms with van der Waals surface area (Å²) in [7, 11) is 0. The summed E-state index contributed by atoms with van der Waals surface area (Å²) in [5, 5.41) is 94.8. The normalized spacial score (nSPS) is 38.6. The lowest BCUT2D eigenvalue weighted by atomic mass is 9.87. The van der Waals surface area contributed by atoms with Gasteiger partial charge >= 0.3 is 5.97 Å². The third-order valence-electron chi connectivity index (χ3n) is 8.03. The maximum absolute atomic E-state index is 13.1. The molecule has 0 spiro atoms. The topological polar surface area (TPSA) is 208 Å². The van der Waals surface area contributed by atoms with Gasteiger partial charge in [0.2, 0.25) is 0 Å². The molecule has 0 saturated heterocycles. The molecule has 1 aliphatic rings. The number of carbonyl (C=O) groups is 1. The summed E-state index contributed by atoms with van der Waals surface area (Å²) in [4.78, 5) is 13.1. The monoisotopic (exact) mass is 654 g/mol. The van der Waals surface area contributed by atoms with Gasteiger partial charge in [0.05, 0.1) is 48.8 Å². The van der Waals surface area contributed by atoms with Gasteiger partial charge < -0.3 is 50.7 Å². The number of ether oxygens (including phenoxy) is 1. The van der Waals surface area contributed by atoms with E-state index in [0.717, 1.165) is 12.8 Å². The molecule has 0 unspecified atom stereocenters. The van der Waals surface area contributed by atoms with Crippen molar-refractivity contribution >= 4 is 5.97 Å². The molecule has 9 N–H and O–H groups in total. The lowest BCUT2D eigenvalue weighted by Crippen LogP contribution is -2.43. The standard InChI is InChI=1S/C35H58O11/c1-4-5-11-16-31(42)34-33(44)22-29(40)20-27(38)18-25(36)17-26(37)19-28(39)21-32(43)23(2)14-12-9-7-6-8-10-13-15-30(41)24(3)46-35(34)45/h6-10,12-15,24-34,36-44H,4-5,11,16-22H2,1-3H3/b7-6+,10-8+,12-9+,15-13+,23-14-/t24-,25+,26-,27+,28-,29-,30-,31+,32-,33+,34+/m1/s1. The Morgan fingerprint density at radius 2 is 1.20 bits per heavy atom. The maximum atomic E-state index is 13.1. The number of aliphatic hydroxyl groups excluding tert-OH is 9. The van der Waals surface area contributed by atoms with Crippen molar-refractivity contribution in [2.75, 3.05) is 0 Å². The van der Waals surface area contributed by atoms with Gasteiger partial charge in [-0.1, -0.05) is 80.9 Å². The van der Waals surface area contributed by atoms with E-state index in [1.807, 2.05) is 6.92 Å². The molecule has 0 saturated carbocycles. The van der Waals surface area contributed by atoms with Crippen molar-refractivity contribution in [3.8, 4) is 0 Å². The van der Waals surface area contributed by atoms with Crippen LogP contribution in [0.1, 0.15) is 85.0 Å². The lowest BCUT2D eigenvalue weighted by molar-refractivity contribution is -0.168. The molecule has 0 aromatic rings. The summed E-state index contributed by atoms with van der Waals surface area (Å²) < 4.78 is 5.42. The third-order valence-corrected chi connectivity index (χ3v) is 8.03. The number of rotatable bonds is 5. The zero-order valence-corrected chi connectivity index (χ0v) is 27.5. The van der Waals surface area contributed by atoms with Gasteiger partial charge in [-0.15, -0.1) is 0 Å². The lowest BCUT2D eigenvalue weighted by Gasteiger charge is -2.29. The van der Waals surface area contributed by atoms with E-state index in [1.165, 1.54) is 13.0 Å². The highest BCUT2D eigenvalue weighted by atomic mass is 16.6. The zero-order valence-electron chi connectivity index (χ0n) is 27.5. The highest BCUT2D eigenvalue weighted by molar-refractivity contribution is 5.74. The first-order valence-electron chi connectivity index (χ1n) is 16.4. The van der Waals surface area contributed by atoms with E-state index in [2.05, 4.69) is 0 Å². The molecule has 11 nitrogen and oxygen atoms in total. The van der Waals surface area contributed by atoms with Crippen molar-refractivity contribution in [2.24, 2.45) is 5.92 Å². The first kappa shape index (κ1) is 41.8. The molecule has 11 heteroatoms. The molecule has 1 rings (SSSR count). The van der Waals surface area contributed by atoms with Crippen LogP contribution in [-0.4, -0.2) is 113 Å². The van der Waals surface area contributed by atoms with Crippen LogP contribution in [0, 0.1) is 5.92 Å². The van der Waals surface area contributed by atoms with Crippen LogP contribution in [0.25, 0.3) is 0 Å². The van der Waals surface area contributed by atoms with E-state index in [0.29, 0.717) is 12.0 Å². The molecule has 46 heavy (non-hydrogen) atoms. The molecule has 0 aromatic heterocycles. The van der Waals surface area contributed by atoms with Gasteiger partial charge in [-0.25, -0.2) is 0 Å². The third kappa shape index (κ3) is 17.7. The molecule has 0 radical (unpaired) electrons. The van der Waals surface area contributed by atoms with E-state index in [-0.39, 0.29) is 44.9 Å². The van der Waals surface area contributed by atoms with Crippen molar-refractivity contribution in [3.63, 3.8) is 0 Å². The number of carbonyl (C=O) groups excluding carboxylic acids is 1. The van der Waals surface area contributed by atoms with Crippen LogP contribution >= 0.6 is 0 Å². The number of cyclic esters (lactones) is 1. The number of unbranched alkanes of at least 4 members (excludes halogenated alkanes) is 2. The Labute approximate surface area is 273 Å². The molecule has 11 atom stereocenters. The van der Waals surface area contributed by atoms with Gasteiger partial charge in [0.1, 0.15) is 18.1 Å². The highest BCUT2D eigenvalue weighted by Crippen LogP contribution is 2.24. The van der Waals surface area contributed by atoms with E-state index in [9.17, 15) is 50.8 Å². The predicted octanol–water partition coefficient (Wildman–Crippen LogP) is 1.89. The Bertz CT molecular complexity index is 991. The number of aliphatic hydroxyl groups is 9. The summed E-state index contributed by atoms with van der Waals surface area (Å²) in [6, 6.07) is 0. The highest BCUT2D eigenvalue weighted by Gasteiger charge is 2.37. The summed E-state index contributed by atoms with van der Waals surface area (Å²) in [5.41, 5.74) is 0.609. The van der Waals surface area contributed by atoms with Gasteiger partial charge in [-0.3, -0.25) is 4.79 Å². The largest absolute Gasteiger partial charge is 0.459 e. The summed E-state index contributed by atoms with van der Waals surface area (Å²) in [6.07, 6.45) is 4.69. The van der Waals surface area contributed by atoms with Crippen molar-refractivity contribution in [1.82, 2.24) is 0 Å². The Morgan fingerprint density at radius 1 is 0.717 bits per heavy atom. The van der Waals surface area contributed by atoms with Crippen LogP contribution in [0.4, 0.5) is 0 Å². The summed E-state index contributed by atoms with van der Waals surface area (Å²) >= 11 is 0. The van der Waals surface area contributed by atoms with Crippen LogP contribution in [0.2, 0.25) is 0 Å². The van der Waals surface area contributed by atoms with E-state index in [1.54, 1.807) is 55.5 Å². The molecule has 0 amide bonds. The first-order valence-corrected chi connectivity index (χ1v) is 16.4. The molecule has 0 bridgehead atoms. The first-order chi connectivity index (χ1) is 21.7. The predicted molar refractivity (Wildman–Crippen MR) is 175 cm³/mol. The van der Waals surface area contributed by atoms with Crippen molar-refractivity contribution < 1.29 is 55.5 Å². The Hall–Kier alpha value is -2.19. The molecule has 0 aromatic carbocycles. The fourth-order valence-corrected chi connectivity index (χ4v) is 5.27. The second-order valence-corrected chi connectivity index (χ2v) is 12.4. The van der Waals surface area contributed by atoms with Gasteiger partial charge in [0.25, 0.3) is 0 Å². The number of hydrogen-bond acceptors (Lipinski definition) is 11. The van der Waals surface area contributed by atoms with Crippen LogP contribution < -0.4 is 0 Å². The van der Waals surface area contributed by atoms with Crippen molar-refractivity contribution in [3.05, 3.63) is 60.3 Å². The van der Waals surface area contributed by atoms with Gasteiger partial charge in [-0.05, 0) is 51.5 Å². The van der Waals surface area contributed by atoms with E-state index >= 15 is 0 Å². The second kappa shape index (κ2) is 23.2. The van der Waals surface area contributed by atoms with Gasteiger partial charge in [-0.2, -0.15) is 0 Å². The fraction of sp³-hybridized carbons (Fsp3) is 0.686. The van der Waals surface area contributed by atoms with Crippen LogP contribution in [0.15, 0.2) is 60.3 Å². The number of hydrogen-bond donors (Lipinski definition) is 9. The van der Waals surface area contributed by atoms with Gasteiger partial charge in [0, 0.05) is 12.8 Å². The maximum Gasteiger partial charge on any atom is 0.314 e. The second-order valence-electron chi connectivity index (χ2n) is 12.4. The molecule has 0 aliphatic carbocycles. The minimum Gasteiger partial charge on any atom is -0.459 e. The molecule has 1 aliphatic heterocycles. The number of allylic oxidation sites excluding steroid dienone is 8. The molecular formula is C35H58O11. The smallest absolute Gasteiger partial charge is 0.314 e. The average molecular weight is 655 g/mol. The average Bonchev–Trinajstić information content (AvgIpc) is 2.94. The SMILES string of the molecule is CCCCC[C@H](O)[C@@H]1C(=O)O[C@H](C)[C@H](O)/C=C/C=C/C=C/C=C/C=C(/C)[C@H](O)C[C@H](O)C[C@H](O)C[C@H](O)C[C@H](O)C[C@@H](O)C[C@@H]1O. The fourth-order valence-electron chi connectivity index (χ4n) is 5.27. The Kier molecular flexibility index (Phi) is 21.1. The van der Waals surface area contributed by atoms with Crippen LogP contribution in [0.3, 0.4) is 0 Å². The Balaban J connectivity index is 3.14. The van der Waals surface area contributed by atoms with Crippen molar-refractivity contribution in [2.45, 2.75) is 146 Å². The van der Waals surface area contributed by atoms with E-state index in [4.69, 9.17) is 4.74 Å². The zero-order chi connectivity index (χ0) is 34.6. The van der Waals surface area contributed by atoms with Crippen LogP contribution in [0.5, 0.6) is 0 Å². The van der Waals surface area contributed by atoms with E-state index < -0.39 is 72.9 Å². The number of esters is 1.